The van der Waals surface area contributed by atoms with Gasteiger partial charge in [0.2, 0.25) is 0 Å². The molecule has 0 spiro atoms. The summed E-state index contributed by atoms with van der Waals surface area (Å²) in [4.78, 5) is 15.9. The Labute approximate surface area is 105 Å². The van der Waals surface area contributed by atoms with E-state index in [2.05, 4.69) is 10.3 Å². The first-order chi connectivity index (χ1) is 8.70. The lowest BCUT2D eigenvalue weighted by Gasteiger charge is -2.12. The summed E-state index contributed by atoms with van der Waals surface area (Å²) >= 11 is 0. The zero-order valence-corrected chi connectivity index (χ0v) is 10.1. The third kappa shape index (κ3) is 2.75. The Morgan fingerprint density at radius 3 is 2.94 bits per heavy atom. The Hall–Kier alpha value is -2.14. The van der Waals surface area contributed by atoms with Crippen molar-refractivity contribution in [2.45, 2.75) is 19.5 Å². The maximum absolute atomic E-state index is 11.9. The van der Waals surface area contributed by atoms with E-state index in [0.717, 1.165) is 5.56 Å². The van der Waals surface area contributed by atoms with E-state index in [-0.39, 0.29) is 24.3 Å². The molecule has 1 amide bonds. The number of furan rings is 1. The van der Waals surface area contributed by atoms with Crippen LogP contribution in [0.4, 0.5) is 0 Å². The Morgan fingerprint density at radius 2 is 2.33 bits per heavy atom. The predicted molar refractivity (Wildman–Crippen MR) is 66.7 cm³/mol. The van der Waals surface area contributed by atoms with Crippen LogP contribution in [-0.4, -0.2) is 10.9 Å². The molecule has 0 aromatic carbocycles. The fourth-order valence-electron chi connectivity index (χ4n) is 1.59. The van der Waals surface area contributed by atoms with Gasteiger partial charge in [-0.05, 0) is 30.7 Å². The van der Waals surface area contributed by atoms with Crippen molar-refractivity contribution in [3.63, 3.8) is 0 Å². The molecule has 0 fully saturated rings. The Balaban J connectivity index is 2.03. The van der Waals surface area contributed by atoms with E-state index >= 15 is 0 Å². The second-order valence-electron chi connectivity index (χ2n) is 3.95. The van der Waals surface area contributed by atoms with Crippen LogP contribution in [0.5, 0.6) is 0 Å². The molecule has 94 valence electrons. The Bertz CT molecular complexity index is 522. The highest BCUT2D eigenvalue weighted by Crippen LogP contribution is 2.12. The summed E-state index contributed by atoms with van der Waals surface area (Å²) in [7, 11) is 0. The number of pyridine rings is 1. The predicted octanol–water partition coefficient (Wildman–Crippen LogP) is 1.62. The molecule has 2 aromatic rings. The van der Waals surface area contributed by atoms with Crippen molar-refractivity contribution in [1.29, 1.82) is 0 Å². The molecule has 0 bridgehead atoms. The molecule has 1 unspecified atom stereocenters. The molecule has 0 saturated heterocycles. The Morgan fingerprint density at radius 1 is 1.50 bits per heavy atom. The number of amides is 1. The van der Waals surface area contributed by atoms with Gasteiger partial charge in [0.1, 0.15) is 5.76 Å². The molecule has 2 heterocycles. The third-order valence-electron chi connectivity index (χ3n) is 2.62. The van der Waals surface area contributed by atoms with Crippen molar-refractivity contribution in [2.75, 3.05) is 0 Å². The SMILES string of the molecule is CC(NC(=O)c1ccc(CN)o1)c1cccnc1. The lowest BCUT2D eigenvalue weighted by atomic mass is 10.1. The van der Waals surface area contributed by atoms with E-state index in [1.807, 2.05) is 19.1 Å². The lowest BCUT2D eigenvalue weighted by molar-refractivity contribution is 0.0910. The zero-order valence-electron chi connectivity index (χ0n) is 10.1. The van der Waals surface area contributed by atoms with Crippen molar-refractivity contribution >= 4 is 5.91 Å². The van der Waals surface area contributed by atoms with Crippen molar-refractivity contribution in [3.8, 4) is 0 Å². The van der Waals surface area contributed by atoms with Gasteiger partial charge < -0.3 is 15.5 Å². The van der Waals surface area contributed by atoms with Gasteiger partial charge in [-0.15, -0.1) is 0 Å². The minimum Gasteiger partial charge on any atom is -0.455 e. The molecule has 2 rings (SSSR count). The van der Waals surface area contributed by atoms with Crippen LogP contribution >= 0.6 is 0 Å². The third-order valence-corrected chi connectivity index (χ3v) is 2.62. The van der Waals surface area contributed by atoms with Crippen LogP contribution in [0.25, 0.3) is 0 Å². The zero-order chi connectivity index (χ0) is 13.0. The molecule has 0 aliphatic rings. The van der Waals surface area contributed by atoms with E-state index in [4.69, 9.17) is 10.2 Å². The molecular weight excluding hydrogens is 230 g/mol. The number of hydrogen-bond acceptors (Lipinski definition) is 4. The van der Waals surface area contributed by atoms with Crippen LogP contribution in [0.1, 0.15) is 34.8 Å². The van der Waals surface area contributed by atoms with Crippen molar-refractivity contribution in [2.24, 2.45) is 5.73 Å². The van der Waals surface area contributed by atoms with Crippen LogP contribution < -0.4 is 11.1 Å². The van der Waals surface area contributed by atoms with Crippen molar-refractivity contribution in [1.82, 2.24) is 10.3 Å². The van der Waals surface area contributed by atoms with E-state index < -0.39 is 0 Å². The molecule has 18 heavy (non-hydrogen) atoms. The summed E-state index contributed by atoms with van der Waals surface area (Å²) in [5.74, 6) is 0.603. The lowest BCUT2D eigenvalue weighted by Crippen LogP contribution is -2.26. The topological polar surface area (TPSA) is 81.2 Å². The van der Waals surface area contributed by atoms with Crippen LogP contribution in [0.3, 0.4) is 0 Å². The minimum absolute atomic E-state index is 0.127. The highest BCUT2D eigenvalue weighted by Gasteiger charge is 2.14. The number of nitrogens with two attached hydrogens (primary N) is 1. The maximum Gasteiger partial charge on any atom is 0.287 e. The number of nitrogens with zero attached hydrogens (tertiary/aromatic N) is 1. The Kier molecular flexibility index (Phi) is 3.74. The van der Waals surface area contributed by atoms with Gasteiger partial charge in [-0.2, -0.15) is 0 Å². The van der Waals surface area contributed by atoms with Gasteiger partial charge in [0, 0.05) is 12.4 Å². The van der Waals surface area contributed by atoms with E-state index in [1.165, 1.54) is 0 Å². The number of hydrogen-bond donors (Lipinski definition) is 2. The van der Waals surface area contributed by atoms with Crippen molar-refractivity contribution < 1.29 is 9.21 Å². The summed E-state index contributed by atoms with van der Waals surface area (Å²) in [6.45, 7) is 2.17. The molecule has 2 aromatic heterocycles. The first kappa shape index (κ1) is 12.3. The van der Waals surface area contributed by atoms with Crippen LogP contribution in [0, 0.1) is 0 Å². The van der Waals surface area contributed by atoms with Crippen LogP contribution in [0.15, 0.2) is 41.1 Å². The van der Waals surface area contributed by atoms with Gasteiger partial charge in [0.15, 0.2) is 5.76 Å². The highest BCUT2D eigenvalue weighted by atomic mass is 16.4. The minimum atomic E-state index is -0.258. The van der Waals surface area contributed by atoms with Gasteiger partial charge in [-0.3, -0.25) is 9.78 Å². The first-order valence-electron chi connectivity index (χ1n) is 5.70. The van der Waals surface area contributed by atoms with Gasteiger partial charge in [-0.25, -0.2) is 0 Å². The normalized spacial score (nSPS) is 12.1. The molecule has 0 aliphatic carbocycles. The maximum atomic E-state index is 11.9. The van der Waals surface area contributed by atoms with Crippen LogP contribution in [0.2, 0.25) is 0 Å². The molecule has 0 aliphatic heterocycles. The number of carbonyl (C=O) groups excluding carboxylic acids is 1. The smallest absolute Gasteiger partial charge is 0.287 e. The molecule has 1 atom stereocenters. The van der Waals surface area contributed by atoms with E-state index in [0.29, 0.717) is 5.76 Å². The highest BCUT2D eigenvalue weighted by molar-refractivity contribution is 5.91. The number of aromatic nitrogens is 1. The summed E-state index contributed by atoms with van der Waals surface area (Å²) in [6, 6.07) is 6.93. The average Bonchev–Trinajstić information content (AvgIpc) is 2.88. The van der Waals surface area contributed by atoms with Gasteiger partial charge in [0.25, 0.3) is 5.91 Å². The summed E-state index contributed by atoms with van der Waals surface area (Å²) < 4.78 is 5.28. The fraction of sp³-hybridized carbons (Fsp3) is 0.231. The number of rotatable bonds is 4. The second kappa shape index (κ2) is 5.46. The molecular formula is C13H15N3O2. The summed E-state index contributed by atoms with van der Waals surface area (Å²) in [6.07, 6.45) is 3.41. The molecule has 0 saturated carbocycles. The van der Waals surface area contributed by atoms with Gasteiger partial charge in [-0.1, -0.05) is 6.07 Å². The summed E-state index contributed by atoms with van der Waals surface area (Å²) in [5, 5.41) is 2.84. The van der Waals surface area contributed by atoms with E-state index in [1.54, 1.807) is 24.5 Å². The molecule has 5 nitrogen and oxygen atoms in total. The van der Waals surface area contributed by atoms with Crippen molar-refractivity contribution in [3.05, 3.63) is 53.7 Å². The second-order valence-corrected chi connectivity index (χ2v) is 3.95. The quantitative estimate of drug-likeness (QED) is 0.857. The monoisotopic (exact) mass is 245 g/mol. The van der Waals surface area contributed by atoms with Gasteiger partial charge >= 0.3 is 0 Å². The molecule has 0 radical (unpaired) electrons. The molecule has 5 heteroatoms. The standard InChI is InChI=1S/C13H15N3O2/c1-9(10-3-2-6-15-8-10)16-13(17)12-5-4-11(7-14)18-12/h2-6,8-9H,7,14H2,1H3,(H,16,17). The van der Waals surface area contributed by atoms with Gasteiger partial charge in [0.05, 0.1) is 12.6 Å². The molecule has 3 N–H and O–H groups in total. The fourth-order valence-corrected chi connectivity index (χ4v) is 1.59. The number of carbonyl (C=O) groups is 1. The summed E-state index contributed by atoms with van der Waals surface area (Å²) in [5.41, 5.74) is 6.36. The van der Waals surface area contributed by atoms with E-state index in [9.17, 15) is 4.79 Å². The van der Waals surface area contributed by atoms with Crippen LogP contribution in [-0.2, 0) is 6.54 Å². The average molecular weight is 245 g/mol. The first-order valence-corrected chi connectivity index (χ1v) is 5.70. The number of nitrogens with one attached hydrogen (secondary N) is 1. The largest absolute Gasteiger partial charge is 0.455 e.